The van der Waals surface area contributed by atoms with Crippen molar-refractivity contribution in [1.82, 2.24) is 0 Å². The van der Waals surface area contributed by atoms with Crippen LogP contribution in [0.4, 0.5) is 17.1 Å². The molecule has 2 heteroatoms. The first-order valence-corrected chi connectivity index (χ1v) is 16.5. The van der Waals surface area contributed by atoms with Gasteiger partial charge in [-0.2, -0.15) is 0 Å². The zero-order valence-corrected chi connectivity index (χ0v) is 25.9. The second-order valence-electron chi connectivity index (χ2n) is 11.7. The highest BCUT2D eigenvalue weighted by Gasteiger charge is 2.20. The molecular weight excluding hydrogens is 575 g/mol. The van der Waals surface area contributed by atoms with Crippen molar-refractivity contribution in [3.63, 3.8) is 0 Å². The van der Waals surface area contributed by atoms with Crippen molar-refractivity contribution < 1.29 is 0 Å². The van der Waals surface area contributed by atoms with E-state index in [-0.39, 0.29) is 0 Å². The van der Waals surface area contributed by atoms with Crippen LogP contribution >= 0.6 is 11.3 Å². The largest absolute Gasteiger partial charge is 0.309 e. The number of hydrogen-bond acceptors (Lipinski definition) is 2. The summed E-state index contributed by atoms with van der Waals surface area (Å²) in [6, 6.07) is 64.0. The highest BCUT2D eigenvalue weighted by Crippen LogP contribution is 2.47. The van der Waals surface area contributed by atoms with Gasteiger partial charge in [0, 0.05) is 31.2 Å². The fraction of sp³-hybridized carbons (Fsp3) is 0. The number of rotatable bonds is 5. The molecule has 0 aliphatic rings. The number of thiophene rings is 1. The summed E-state index contributed by atoms with van der Waals surface area (Å²) in [5.74, 6) is 0. The second-order valence-corrected chi connectivity index (χ2v) is 12.8. The van der Waals surface area contributed by atoms with Gasteiger partial charge in [0.05, 0.1) is 11.4 Å². The minimum Gasteiger partial charge on any atom is -0.309 e. The summed E-state index contributed by atoms with van der Waals surface area (Å²) >= 11 is 1.86. The fourth-order valence-corrected chi connectivity index (χ4v) is 8.05. The molecule has 9 rings (SSSR count). The van der Waals surface area contributed by atoms with Gasteiger partial charge in [-0.1, -0.05) is 133 Å². The molecule has 0 radical (unpaired) electrons. The Labute approximate surface area is 272 Å². The smallest absolute Gasteiger partial charge is 0.0555 e. The first kappa shape index (κ1) is 26.7. The molecule has 0 fully saturated rings. The molecule has 46 heavy (non-hydrogen) atoms. The monoisotopic (exact) mass is 603 g/mol. The van der Waals surface area contributed by atoms with Crippen molar-refractivity contribution in [2.24, 2.45) is 0 Å². The molecule has 8 aromatic carbocycles. The molecule has 1 aromatic heterocycles. The second kappa shape index (κ2) is 11.0. The molecule has 0 bridgehead atoms. The highest BCUT2D eigenvalue weighted by molar-refractivity contribution is 7.26. The topological polar surface area (TPSA) is 3.24 Å². The van der Waals surface area contributed by atoms with Gasteiger partial charge in [0.1, 0.15) is 0 Å². The molecule has 1 heterocycles. The van der Waals surface area contributed by atoms with Gasteiger partial charge in [0.25, 0.3) is 0 Å². The van der Waals surface area contributed by atoms with Crippen LogP contribution in [0.15, 0.2) is 176 Å². The molecule has 0 saturated carbocycles. The SMILES string of the molecule is c1cc(-c2cccc(N(c3cccc4ccccc34)c3cccc4sc5ccccc5c34)c2)cc(-c2cccc3ccccc23)c1. The standard InChI is InChI=1S/C44H29NS/c1-3-20-36-30(12-1)14-9-23-37(36)34-18-7-16-32(28-34)33-17-8-19-35(29-33)45(40-24-10-15-31-13-2-4-21-38(31)40)41-25-11-27-43-44(41)39-22-5-6-26-42(39)46-43/h1-29H. The van der Waals surface area contributed by atoms with Crippen LogP contribution in [0, 0.1) is 0 Å². The summed E-state index contributed by atoms with van der Waals surface area (Å²) in [4.78, 5) is 2.46. The van der Waals surface area contributed by atoms with Crippen LogP contribution in [0.2, 0.25) is 0 Å². The molecule has 0 N–H and O–H groups in total. The maximum atomic E-state index is 2.46. The van der Waals surface area contributed by atoms with E-state index in [1.165, 1.54) is 75.3 Å². The van der Waals surface area contributed by atoms with Gasteiger partial charge in [0.2, 0.25) is 0 Å². The Morgan fingerprint density at radius 3 is 1.80 bits per heavy atom. The minimum absolute atomic E-state index is 1.13. The van der Waals surface area contributed by atoms with Crippen molar-refractivity contribution in [2.75, 3.05) is 4.90 Å². The lowest BCUT2D eigenvalue weighted by molar-refractivity contribution is 1.32. The Morgan fingerprint density at radius 1 is 0.370 bits per heavy atom. The van der Waals surface area contributed by atoms with E-state index in [0.29, 0.717) is 0 Å². The lowest BCUT2D eigenvalue weighted by Crippen LogP contribution is -2.11. The minimum atomic E-state index is 1.13. The summed E-state index contributed by atoms with van der Waals surface area (Å²) in [6.45, 7) is 0. The Morgan fingerprint density at radius 2 is 0.935 bits per heavy atom. The third-order valence-corrected chi connectivity index (χ3v) is 10.2. The van der Waals surface area contributed by atoms with Crippen molar-refractivity contribution in [3.8, 4) is 22.3 Å². The molecule has 0 spiro atoms. The van der Waals surface area contributed by atoms with Gasteiger partial charge in [-0.3, -0.25) is 0 Å². The van der Waals surface area contributed by atoms with E-state index >= 15 is 0 Å². The first-order chi connectivity index (χ1) is 22.8. The predicted molar refractivity (Wildman–Crippen MR) is 200 cm³/mol. The quantitative estimate of drug-likeness (QED) is 0.189. The van der Waals surface area contributed by atoms with Crippen LogP contribution in [0.3, 0.4) is 0 Å². The number of nitrogens with zero attached hydrogens (tertiary/aromatic N) is 1. The predicted octanol–water partition coefficient (Wildman–Crippen LogP) is 13.2. The Bertz CT molecular complexity index is 2550. The first-order valence-electron chi connectivity index (χ1n) is 15.7. The summed E-state index contributed by atoms with van der Waals surface area (Å²) < 4.78 is 2.60. The van der Waals surface area contributed by atoms with Gasteiger partial charge < -0.3 is 4.90 Å². The van der Waals surface area contributed by atoms with Crippen LogP contribution < -0.4 is 4.90 Å². The summed E-state index contributed by atoms with van der Waals surface area (Å²) in [5, 5.41) is 7.57. The maximum Gasteiger partial charge on any atom is 0.0555 e. The molecule has 0 aliphatic heterocycles. The van der Waals surface area contributed by atoms with Gasteiger partial charge in [-0.25, -0.2) is 0 Å². The van der Waals surface area contributed by atoms with Crippen molar-refractivity contribution in [1.29, 1.82) is 0 Å². The molecule has 0 aliphatic carbocycles. The zero-order chi connectivity index (χ0) is 30.5. The van der Waals surface area contributed by atoms with E-state index in [2.05, 4.69) is 181 Å². The highest BCUT2D eigenvalue weighted by atomic mass is 32.1. The molecule has 0 amide bonds. The molecule has 0 saturated heterocycles. The average Bonchev–Trinajstić information content (AvgIpc) is 3.51. The summed E-state index contributed by atoms with van der Waals surface area (Å²) in [6.07, 6.45) is 0. The van der Waals surface area contributed by atoms with Crippen molar-refractivity contribution >= 4 is 70.1 Å². The molecular formula is C44H29NS. The van der Waals surface area contributed by atoms with E-state index in [9.17, 15) is 0 Å². The molecule has 0 unspecified atom stereocenters. The van der Waals surface area contributed by atoms with E-state index in [4.69, 9.17) is 0 Å². The summed E-state index contributed by atoms with van der Waals surface area (Å²) in [5.41, 5.74) is 8.35. The number of hydrogen-bond donors (Lipinski definition) is 0. The third kappa shape index (κ3) is 4.46. The van der Waals surface area contributed by atoms with Crippen LogP contribution in [-0.4, -0.2) is 0 Å². The molecule has 216 valence electrons. The Balaban J connectivity index is 1.25. The van der Waals surface area contributed by atoms with Gasteiger partial charge in [-0.05, 0) is 80.9 Å². The molecule has 9 aromatic rings. The molecule has 1 nitrogen and oxygen atoms in total. The number of benzene rings is 8. The van der Waals surface area contributed by atoms with E-state index in [1.54, 1.807) is 0 Å². The van der Waals surface area contributed by atoms with Crippen LogP contribution in [0.25, 0.3) is 64.0 Å². The maximum absolute atomic E-state index is 2.46. The van der Waals surface area contributed by atoms with E-state index in [1.807, 2.05) is 11.3 Å². The normalized spacial score (nSPS) is 11.5. The van der Waals surface area contributed by atoms with Gasteiger partial charge >= 0.3 is 0 Å². The lowest BCUT2D eigenvalue weighted by Gasteiger charge is -2.28. The Kier molecular flexibility index (Phi) is 6.40. The molecule has 0 atom stereocenters. The van der Waals surface area contributed by atoms with Crippen LogP contribution in [0.5, 0.6) is 0 Å². The van der Waals surface area contributed by atoms with Crippen molar-refractivity contribution in [3.05, 3.63) is 176 Å². The summed E-state index contributed by atoms with van der Waals surface area (Å²) in [7, 11) is 0. The number of fused-ring (bicyclic) bond motifs is 5. The van der Waals surface area contributed by atoms with Crippen molar-refractivity contribution in [2.45, 2.75) is 0 Å². The fourth-order valence-electron chi connectivity index (χ4n) is 6.92. The van der Waals surface area contributed by atoms with Crippen LogP contribution in [0.1, 0.15) is 0 Å². The van der Waals surface area contributed by atoms with Gasteiger partial charge in [-0.15, -0.1) is 11.3 Å². The third-order valence-electron chi connectivity index (χ3n) is 9.03. The average molecular weight is 604 g/mol. The van der Waals surface area contributed by atoms with E-state index in [0.717, 1.165) is 5.69 Å². The lowest BCUT2D eigenvalue weighted by atomic mass is 9.95. The Hall–Kier alpha value is -5.70. The zero-order valence-electron chi connectivity index (χ0n) is 25.1. The van der Waals surface area contributed by atoms with Gasteiger partial charge in [0.15, 0.2) is 0 Å². The number of anilines is 3. The van der Waals surface area contributed by atoms with E-state index < -0.39 is 0 Å². The van der Waals surface area contributed by atoms with Crippen LogP contribution in [-0.2, 0) is 0 Å².